The zero-order valence-corrected chi connectivity index (χ0v) is 16.7. The SMILES string of the molecule is Nc1cncc(-c2cnc3n[nH]c(C4Nc5cncc(-c6cccc(F)c6)c5N4)c3c2)c1. The van der Waals surface area contributed by atoms with Crippen molar-refractivity contribution >= 4 is 28.1 Å². The van der Waals surface area contributed by atoms with Gasteiger partial charge in [0.25, 0.3) is 0 Å². The first-order valence-electron chi connectivity index (χ1n) is 9.97. The molecule has 1 aliphatic rings. The summed E-state index contributed by atoms with van der Waals surface area (Å²) >= 11 is 0. The molecule has 0 saturated carbocycles. The smallest absolute Gasteiger partial charge is 0.181 e. The summed E-state index contributed by atoms with van der Waals surface area (Å²) in [4.78, 5) is 13.0. The predicted molar refractivity (Wildman–Crippen MR) is 121 cm³/mol. The number of fused-ring (bicyclic) bond motifs is 2. The lowest BCUT2D eigenvalue weighted by molar-refractivity contribution is 0.628. The monoisotopic (exact) mass is 424 g/mol. The van der Waals surface area contributed by atoms with Crippen molar-refractivity contribution in [2.24, 2.45) is 0 Å². The van der Waals surface area contributed by atoms with Crippen molar-refractivity contribution in [3.8, 4) is 22.3 Å². The quantitative estimate of drug-likeness (QED) is 0.340. The number of H-pyrrole nitrogens is 1. The second-order valence-electron chi connectivity index (χ2n) is 7.58. The van der Waals surface area contributed by atoms with Crippen molar-refractivity contribution in [3.05, 3.63) is 78.9 Å². The molecule has 4 aromatic heterocycles. The fourth-order valence-electron chi connectivity index (χ4n) is 3.99. The third-order valence-electron chi connectivity index (χ3n) is 5.49. The number of nitrogen functional groups attached to an aromatic ring is 1. The number of hydrogen-bond acceptors (Lipinski definition) is 7. The van der Waals surface area contributed by atoms with E-state index in [1.165, 1.54) is 12.1 Å². The van der Waals surface area contributed by atoms with Crippen LogP contribution in [0.25, 0.3) is 33.3 Å². The molecular formula is C23H17FN8. The number of aromatic nitrogens is 5. The Bertz CT molecular complexity index is 1480. The molecule has 5 N–H and O–H groups in total. The van der Waals surface area contributed by atoms with Gasteiger partial charge < -0.3 is 16.4 Å². The van der Waals surface area contributed by atoms with Gasteiger partial charge in [-0.15, -0.1) is 0 Å². The first-order valence-corrected chi connectivity index (χ1v) is 9.97. The Morgan fingerprint density at radius 3 is 2.62 bits per heavy atom. The minimum atomic E-state index is -0.295. The third-order valence-corrected chi connectivity index (χ3v) is 5.49. The van der Waals surface area contributed by atoms with Crippen LogP contribution in [-0.2, 0) is 0 Å². The number of hydrogen-bond donors (Lipinski definition) is 4. The van der Waals surface area contributed by atoms with Crippen LogP contribution in [0.5, 0.6) is 0 Å². The number of aromatic amines is 1. The van der Waals surface area contributed by atoms with E-state index in [4.69, 9.17) is 5.73 Å². The second-order valence-corrected chi connectivity index (χ2v) is 7.58. The Morgan fingerprint density at radius 1 is 0.875 bits per heavy atom. The van der Waals surface area contributed by atoms with Gasteiger partial charge in [-0.3, -0.25) is 15.1 Å². The van der Waals surface area contributed by atoms with Gasteiger partial charge in [0.05, 0.1) is 29.0 Å². The Balaban J connectivity index is 1.39. The Morgan fingerprint density at radius 2 is 1.75 bits per heavy atom. The zero-order chi connectivity index (χ0) is 21.7. The average molecular weight is 424 g/mol. The van der Waals surface area contributed by atoms with E-state index in [-0.39, 0.29) is 12.0 Å². The minimum Gasteiger partial charge on any atom is -0.397 e. The molecule has 0 radical (unpaired) electrons. The molecule has 1 aliphatic heterocycles. The minimum absolute atomic E-state index is 0.289. The fourth-order valence-corrected chi connectivity index (χ4v) is 3.99. The third kappa shape index (κ3) is 2.99. The summed E-state index contributed by atoms with van der Waals surface area (Å²) < 4.78 is 13.8. The highest BCUT2D eigenvalue weighted by molar-refractivity contribution is 5.91. The number of rotatable bonds is 3. The van der Waals surface area contributed by atoms with Crippen molar-refractivity contribution in [3.63, 3.8) is 0 Å². The van der Waals surface area contributed by atoms with Crippen LogP contribution in [0.3, 0.4) is 0 Å². The van der Waals surface area contributed by atoms with Crippen LogP contribution in [0, 0.1) is 5.82 Å². The standard InChI is InChI=1S/C23H17FN8/c24-15-3-1-2-12(4-15)18-10-27-11-19-20(18)30-23(29-19)21-17-6-14(8-28-22(17)32-31-21)13-5-16(25)9-26-7-13/h1-11,23,29-30H,25H2,(H,28,31,32). The molecule has 6 rings (SSSR count). The largest absolute Gasteiger partial charge is 0.397 e. The first-order chi connectivity index (χ1) is 15.7. The van der Waals surface area contributed by atoms with Crippen molar-refractivity contribution in [1.82, 2.24) is 25.1 Å². The lowest BCUT2D eigenvalue weighted by atomic mass is 10.1. The lowest BCUT2D eigenvalue weighted by Crippen LogP contribution is -2.13. The predicted octanol–water partition coefficient (Wildman–Crippen LogP) is 4.34. The maximum absolute atomic E-state index is 13.8. The summed E-state index contributed by atoms with van der Waals surface area (Å²) in [5.41, 5.74) is 12.9. The molecule has 1 unspecified atom stereocenters. The maximum atomic E-state index is 13.8. The van der Waals surface area contributed by atoms with E-state index in [1.807, 2.05) is 18.2 Å². The Hall–Kier alpha value is -4.53. The number of halogens is 1. The molecule has 1 atom stereocenters. The van der Waals surface area contributed by atoms with Crippen molar-refractivity contribution < 1.29 is 4.39 Å². The summed E-state index contributed by atoms with van der Waals surface area (Å²) in [6.07, 6.45) is 8.28. The topological polar surface area (TPSA) is 117 Å². The van der Waals surface area contributed by atoms with E-state index < -0.39 is 0 Å². The number of nitrogens with one attached hydrogen (secondary N) is 3. The van der Waals surface area contributed by atoms with E-state index in [1.54, 1.807) is 37.1 Å². The molecule has 0 spiro atoms. The number of nitrogens with two attached hydrogens (primary N) is 1. The fraction of sp³-hybridized carbons (Fsp3) is 0.0435. The van der Waals surface area contributed by atoms with Gasteiger partial charge in [0.15, 0.2) is 5.65 Å². The van der Waals surface area contributed by atoms with Crippen LogP contribution in [0.15, 0.2) is 67.4 Å². The van der Waals surface area contributed by atoms with E-state index in [0.717, 1.165) is 44.7 Å². The summed E-state index contributed by atoms with van der Waals surface area (Å²) in [6.45, 7) is 0. The van der Waals surface area contributed by atoms with Crippen LogP contribution < -0.4 is 16.4 Å². The van der Waals surface area contributed by atoms with Gasteiger partial charge in [0, 0.05) is 46.9 Å². The van der Waals surface area contributed by atoms with Crippen LogP contribution >= 0.6 is 0 Å². The molecular weight excluding hydrogens is 407 g/mol. The van der Waals surface area contributed by atoms with Crippen LogP contribution in [0.1, 0.15) is 11.9 Å². The van der Waals surface area contributed by atoms with Gasteiger partial charge in [-0.05, 0) is 29.8 Å². The van der Waals surface area contributed by atoms with Gasteiger partial charge in [0.1, 0.15) is 12.0 Å². The normalized spacial score (nSPS) is 14.7. The number of anilines is 3. The highest BCUT2D eigenvalue weighted by Gasteiger charge is 2.27. The number of benzene rings is 1. The molecule has 156 valence electrons. The maximum Gasteiger partial charge on any atom is 0.181 e. The molecule has 0 amide bonds. The van der Waals surface area contributed by atoms with Gasteiger partial charge in [0.2, 0.25) is 0 Å². The molecule has 8 nitrogen and oxygen atoms in total. The second kappa shape index (κ2) is 7.02. The molecule has 0 fully saturated rings. The Kier molecular flexibility index (Phi) is 4.00. The molecule has 5 heterocycles. The lowest BCUT2D eigenvalue weighted by Gasteiger charge is -2.12. The van der Waals surface area contributed by atoms with Crippen molar-refractivity contribution in [2.45, 2.75) is 6.17 Å². The van der Waals surface area contributed by atoms with E-state index in [2.05, 4.69) is 35.8 Å². The number of pyridine rings is 3. The van der Waals surface area contributed by atoms with Crippen molar-refractivity contribution in [2.75, 3.05) is 16.4 Å². The summed E-state index contributed by atoms with van der Waals surface area (Å²) in [7, 11) is 0. The van der Waals surface area contributed by atoms with Crippen LogP contribution in [0.4, 0.5) is 21.5 Å². The van der Waals surface area contributed by atoms with Crippen LogP contribution in [-0.4, -0.2) is 25.1 Å². The highest BCUT2D eigenvalue weighted by Crippen LogP contribution is 2.42. The molecule has 32 heavy (non-hydrogen) atoms. The van der Waals surface area contributed by atoms with Gasteiger partial charge in [-0.2, -0.15) is 5.10 Å². The van der Waals surface area contributed by atoms with Gasteiger partial charge >= 0.3 is 0 Å². The molecule has 5 aromatic rings. The van der Waals surface area contributed by atoms with E-state index in [0.29, 0.717) is 11.3 Å². The summed E-state index contributed by atoms with van der Waals surface area (Å²) in [5, 5.41) is 15.2. The Labute approximate surface area is 181 Å². The average Bonchev–Trinajstić information content (AvgIpc) is 3.42. The van der Waals surface area contributed by atoms with E-state index >= 15 is 0 Å². The molecule has 0 bridgehead atoms. The van der Waals surface area contributed by atoms with Crippen molar-refractivity contribution in [1.29, 1.82) is 0 Å². The summed E-state index contributed by atoms with van der Waals surface area (Å²) in [5.74, 6) is -0.295. The summed E-state index contributed by atoms with van der Waals surface area (Å²) in [6, 6.07) is 10.3. The number of nitrogens with zero attached hydrogens (tertiary/aromatic N) is 4. The van der Waals surface area contributed by atoms with E-state index in [9.17, 15) is 4.39 Å². The van der Waals surface area contributed by atoms with Gasteiger partial charge in [-0.25, -0.2) is 9.37 Å². The first kappa shape index (κ1) is 18.3. The molecule has 9 heteroatoms. The van der Waals surface area contributed by atoms with Crippen LogP contribution in [0.2, 0.25) is 0 Å². The molecule has 0 saturated heterocycles. The highest BCUT2D eigenvalue weighted by atomic mass is 19.1. The zero-order valence-electron chi connectivity index (χ0n) is 16.7. The molecule has 0 aliphatic carbocycles. The molecule has 1 aromatic carbocycles. The van der Waals surface area contributed by atoms with Gasteiger partial charge in [-0.1, -0.05) is 12.1 Å².